The van der Waals surface area contributed by atoms with Crippen LogP contribution in [0.1, 0.15) is 16.1 Å². The number of furan rings is 1. The van der Waals surface area contributed by atoms with Gasteiger partial charge < -0.3 is 19.4 Å². The second kappa shape index (κ2) is 8.52. The molecule has 0 aliphatic rings. The Hall–Kier alpha value is -3.09. The molecule has 2 rings (SSSR count). The Bertz CT molecular complexity index is 682. The molecule has 1 aromatic heterocycles. The number of hydrogen-bond acceptors (Lipinski definition) is 5. The third-order valence-electron chi connectivity index (χ3n) is 3.18. The largest absolute Gasteiger partial charge is 0.459 e. The van der Waals surface area contributed by atoms with Crippen molar-refractivity contribution in [3.8, 4) is 0 Å². The molecule has 0 atom stereocenters. The van der Waals surface area contributed by atoms with Crippen molar-refractivity contribution in [3.05, 3.63) is 60.1 Å². The zero-order valence-electron chi connectivity index (χ0n) is 13.2. The average Bonchev–Trinajstić information content (AvgIpc) is 3.13. The lowest BCUT2D eigenvalue weighted by molar-refractivity contribution is -0.150. The van der Waals surface area contributed by atoms with Gasteiger partial charge in [-0.1, -0.05) is 30.3 Å². The number of ether oxygens (including phenoxy) is 1. The molecule has 126 valence electrons. The Morgan fingerprint density at radius 2 is 1.88 bits per heavy atom. The molecule has 0 radical (unpaired) electrons. The third kappa shape index (κ3) is 5.28. The summed E-state index contributed by atoms with van der Waals surface area (Å²) in [4.78, 5) is 36.5. The highest BCUT2D eigenvalue weighted by Crippen LogP contribution is 2.03. The molecular weight excluding hydrogens is 312 g/mol. The van der Waals surface area contributed by atoms with Crippen LogP contribution in [0.2, 0.25) is 0 Å². The standard InChI is InChI=1S/C17H18N2O5/c1-19(11-13-6-3-2-4-7-13)15(20)12-24-16(21)10-18-17(22)14-8-5-9-23-14/h2-9H,10-12H2,1H3,(H,18,22). The maximum absolute atomic E-state index is 11.9. The zero-order chi connectivity index (χ0) is 17.4. The van der Waals surface area contributed by atoms with E-state index in [0.717, 1.165) is 5.56 Å². The quantitative estimate of drug-likeness (QED) is 0.771. The van der Waals surface area contributed by atoms with E-state index < -0.39 is 11.9 Å². The smallest absolute Gasteiger partial charge is 0.325 e. The van der Waals surface area contributed by atoms with Gasteiger partial charge in [-0.3, -0.25) is 14.4 Å². The highest BCUT2D eigenvalue weighted by atomic mass is 16.5. The van der Waals surface area contributed by atoms with E-state index in [1.807, 2.05) is 30.3 Å². The van der Waals surface area contributed by atoms with Crippen molar-refractivity contribution in [2.45, 2.75) is 6.54 Å². The van der Waals surface area contributed by atoms with Gasteiger partial charge in [0.2, 0.25) is 0 Å². The summed E-state index contributed by atoms with van der Waals surface area (Å²) in [6, 6.07) is 12.5. The molecule has 7 nitrogen and oxygen atoms in total. The number of rotatable bonds is 7. The maximum atomic E-state index is 11.9. The maximum Gasteiger partial charge on any atom is 0.325 e. The second-order valence-corrected chi connectivity index (χ2v) is 5.06. The van der Waals surface area contributed by atoms with E-state index >= 15 is 0 Å². The molecule has 1 heterocycles. The lowest BCUT2D eigenvalue weighted by Crippen LogP contribution is -2.34. The van der Waals surface area contributed by atoms with Crippen molar-refractivity contribution in [1.82, 2.24) is 10.2 Å². The third-order valence-corrected chi connectivity index (χ3v) is 3.18. The van der Waals surface area contributed by atoms with Crippen LogP contribution in [-0.2, 0) is 20.9 Å². The molecule has 0 aliphatic heterocycles. The van der Waals surface area contributed by atoms with E-state index in [-0.39, 0.29) is 24.8 Å². The van der Waals surface area contributed by atoms with Crippen LogP contribution in [0.4, 0.5) is 0 Å². The van der Waals surface area contributed by atoms with Gasteiger partial charge in [0.25, 0.3) is 11.8 Å². The highest BCUT2D eigenvalue weighted by molar-refractivity contribution is 5.93. The molecule has 0 bridgehead atoms. The number of esters is 1. The van der Waals surface area contributed by atoms with Crippen molar-refractivity contribution in [2.75, 3.05) is 20.2 Å². The van der Waals surface area contributed by atoms with E-state index in [2.05, 4.69) is 5.32 Å². The number of hydrogen-bond donors (Lipinski definition) is 1. The molecule has 1 aromatic carbocycles. The predicted molar refractivity (Wildman–Crippen MR) is 84.9 cm³/mol. The fraction of sp³-hybridized carbons (Fsp3) is 0.235. The minimum absolute atomic E-state index is 0.0986. The van der Waals surface area contributed by atoms with Crippen LogP contribution in [0.15, 0.2) is 53.1 Å². The van der Waals surface area contributed by atoms with Gasteiger partial charge in [0, 0.05) is 13.6 Å². The Morgan fingerprint density at radius 1 is 1.12 bits per heavy atom. The van der Waals surface area contributed by atoms with Crippen LogP contribution in [-0.4, -0.2) is 42.9 Å². The molecule has 0 aliphatic carbocycles. The first kappa shape index (κ1) is 17.3. The van der Waals surface area contributed by atoms with Gasteiger partial charge in [-0.15, -0.1) is 0 Å². The molecule has 2 aromatic rings. The van der Waals surface area contributed by atoms with Crippen LogP contribution in [0, 0.1) is 0 Å². The molecule has 0 fully saturated rings. The first-order valence-electron chi connectivity index (χ1n) is 7.31. The van der Waals surface area contributed by atoms with Gasteiger partial charge in [0.05, 0.1) is 6.26 Å². The molecule has 0 saturated carbocycles. The van der Waals surface area contributed by atoms with E-state index in [0.29, 0.717) is 6.54 Å². The minimum atomic E-state index is -0.698. The number of likely N-dealkylation sites (N-methyl/N-ethyl adjacent to an activating group) is 1. The Balaban J connectivity index is 1.69. The Labute approximate surface area is 139 Å². The highest BCUT2D eigenvalue weighted by Gasteiger charge is 2.14. The van der Waals surface area contributed by atoms with Crippen molar-refractivity contribution in [2.24, 2.45) is 0 Å². The van der Waals surface area contributed by atoms with E-state index in [4.69, 9.17) is 9.15 Å². The van der Waals surface area contributed by atoms with Crippen LogP contribution < -0.4 is 5.32 Å². The summed E-state index contributed by atoms with van der Waals surface area (Å²) >= 11 is 0. The number of carbonyl (C=O) groups is 3. The second-order valence-electron chi connectivity index (χ2n) is 5.06. The van der Waals surface area contributed by atoms with E-state index in [1.165, 1.54) is 17.2 Å². The van der Waals surface area contributed by atoms with Crippen LogP contribution in [0.5, 0.6) is 0 Å². The number of benzene rings is 1. The van der Waals surface area contributed by atoms with Crippen LogP contribution >= 0.6 is 0 Å². The topological polar surface area (TPSA) is 88.9 Å². The molecular formula is C17H18N2O5. The summed E-state index contributed by atoms with van der Waals surface area (Å²) in [5.41, 5.74) is 0.977. The number of amides is 2. The lowest BCUT2D eigenvalue weighted by Gasteiger charge is -2.17. The van der Waals surface area contributed by atoms with Crippen molar-refractivity contribution in [1.29, 1.82) is 0 Å². The van der Waals surface area contributed by atoms with E-state index in [1.54, 1.807) is 13.1 Å². The molecule has 24 heavy (non-hydrogen) atoms. The molecule has 0 saturated heterocycles. The molecule has 0 unspecified atom stereocenters. The first-order chi connectivity index (χ1) is 11.6. The number of carbonyl (C=O) groups excluding carboxylic acids is 3. The zero-order valence-corrected chi connectivity index (χ0v) is 13.2. The van der Waals surface area contributed by atoms with Crippen LogP contribution in [0.3, 0.4) is 0 Å². The van der Waals surface area contributed by atoms with Gasteiger partial charge in [0.1, 0.15) is 6.54 Å². The summed E-state index contributed by atoms with van der Waals surface area (Å²) < 4.78 is 9.74. The van der Waals surface area contributed by atoms with Gasteiger partial charge in [-0.2, -0.15) is 0 Å². The van der Waals surface area contributed by atoms with Crippen LogP contribution in [0.25, 0.3) is 0 Å². The molecule has 2 amide bonds. The Kier molecular flexibility index (Phi) is 6.13. The van der Waals surface area contributed by atoms with Gasteiger partial charge >= 0.3 is 5.97 Å². The Morgan fingerprint density at radius 3 is 2.54 bits per heavy atom. The summed E-state index contributed by atoms with van der Waals surface area (Å²) in [6.45, 7) is -0.291. The molecule has 0 spiro atoms. The molecule has 7 heteroatoms. The average molecular weight is 330 g/mol. The first-order valence-corrected chi connectivity index (χ1v) is 7.31. The van der Waals surface area contributed by atoms with Gasteiger partial charge in [0.15, 0.2) is 12.4 Å². The van der Waals surface area contributed by atoms with Crippen molar-refractivity contribution < 1.29 is 23.5 Å². The predicted octanol–water partition coefficient (Wildman–Crippen LogP) is 1.21. The fourth-order valence-corrected chi connectivity index (χ4v) is 1.90. The SMILES string of the molecule is CN(Cc1ccccc1)C(=O)COC(=O)CNC(=O)c1ccco1. The van der Waals surface area contributed by atoms with Gasteiger partial charge in [-0.25, -0.2) is 0 Å². The van der Waals surface area contributed by atoms with Crippen molar-refractivity contribution in [3.63, 3.8) is 0 Å². The minimum Gasteiger partial charge on any atom is -0.459 e. The summed E-state index contributed by atoms with van der Waals surface area (Å²) in [7, 11) is 1.63. The summed E-state index contributed by atoms with van der Waals surface area (Å²) in [6.07, 6.45) is 1.36. The molecule has 1 N–H and O–H groups in total. The van der Waals surface area contributed by atoms with Gasteiger partial charge in [-0.05, 0) is 17.7 Å². The summed E-state index contributed by atoms with van der Waals surface area (Å²) in [5, 5.41) is 2.35. The lowest BCUT2D eigenvalue weighted by atomic mass is 10.2. The summed E-state index contributed by atoms with van der Waals surface area (Å²) in [5.74, 6) is -1.45. The normalized spacial score (nSPS) is 10.0. The van der Waals surface area contributed by atoms with E-state index in [9.17, 15) is 14.4 Å². The number of nitrogens with zero attached hydrogens (tertiary/aromatic N) is 1. The fourth-order valence-electron chi connectivity index (χ4n) is 1.90. The number of nitrogens with one attached hydrogen (secondary N) is 1. The van der Waals surface area contributed by atoms with Crippen molar-refractivity contribution >= 4 is 17.8 Å². The monoisotopic (exact) mass is 330 g/mol.